The van der Waals surface area contributed by atoms with Gasteiger partial charge >= 0.3 is 0 Å². The Balaban J connectivity index is 2.76. The summed E-state index contributed by atoms with van der Waals surface area (Å²) in [5.74, 6) is 0. The standard InChI is InChI=1S/C5H5OS2/c7-4-1-2-6-3-5(4)8/h1-3,7-8H. The van der Waals surface area contributed by atoms with Gasteiger partial charge in [-0.25, -0.2) is 0 Å². The summed E-state index contributed by atoms with van der Waals surface area (Å²) in [5, 5.41) is 0. The van der Waals surface area contributed by atoms with Crippen molar-refractivity contribution in [1.82, 2.24) is 0 Å². The molecular formula is C5H5OS2. The van der Waals surface area contributed by atoms with E-state index in [4.69, 9.17) is 4.74 Å². The molecule has 0 saturated heterocycles. The molecule has 0 aromatic carbocycles. The first-order chi connectivity index (χ1) is 3.80. The van der Waals surface area contributed by atoms with Gasteiger partial charge in [0.15, 0.2) is 6.61 Å². The smallest absolute Gasteiger partial charge is 0.171 e. The van der Waals surface area contributed by atoms with Gasteiger partial charge in [0.2, 0.25) is 0 Å². The maximum atomic E-state index is 4.76. The van der Waals surface area contributed by atoms with E-state index in [9.17, 15) is 0 Å². The molecule has 0 amide bonds. The van der Waals surface area contributed by atoms with Crippen LogP contribution in [0.15, 0.2) is 22.1 Å². The maximum Gasteiger partial charge on any atom is 0.171 e. The van der Waals surface area contributed by atoms with Crippen molar-refractivity contribution in [2.45, 2.75) is 0 Å². The highest BCUT2D eigenvalue weighted by Crippen LogP contribution is 2.20. The molecule has 0 unspecified atom stereocenters. The van der Waals surface area contributed by atoms with Crippen LogP contribution in [0.4, 0.5) is 0 Å². The van der Waals surface area contributed by atoms with Crippen LogP contribution in [0.5, 0.6) is 0 Å². The molecule has 1 aliphatic heterocycles. The lowest BCUT2D eigenvalue weighted by atomic mass is 10.4. The Morgan fingerprint density at radius 2 is 2.00 bits per heavy atom. The lowest BCUT2D eigenvalue weighted by molar-refractivity contribution is 0.351. The predicted molar refractivity (Wildman–Crippen MR) is 39.5 cm³/mol. The molecule has 8 heavy (non-hydrogen) atoms. The topological polar surface area (TPSA) is 9.23 Å². The van der Waals surface area contributed by atoms with Gasteiger partial charge in [0.1, 0.15) is 0 Å². The SMILES string of the molecule is SC1=C(S)C=CO[CH]1. The van der Waals surface area contributed by atoms with E-state index in [0.29, 0.717) is 0 Å². The molecule has 0 bridgehead atoms. The fraction of sp³-hybridized carbons (Fsp3) is 0. The third kappa shape index (κ3) is 1.23. The molecule has 0 atom stereocenters. The van der Waals surface area contributed by atoms with Crippen molar-refractivity contribution >= 4 is 25.3 Å². The van der Waals surface area contributed by atoms with Gasteiger partial charge in [0, 0.05) is 9.81 Å². The number of hydrogen-bond donors (Lipinski definition) is 2. The summed E-state index contributed by atoms with van der Waals surface area (Å²) in [6.45, 7) is 1.53. The summed E-state index contributed by atoms with van der Waals surface area (Å²) >= 11 is 8.09. The van der Waals surface area contributed by atoms with Crippen molar-refractivity contribution in [3.63, 3.8) is 0 Å². The lowest BCUT2D eigenvalue weighted by Crippen LogP contribution is -1.86. The summed E-state index contributed by atoms with van der Waals surface area (Å²) in [6.07, 6.45) is 3.30. The van der Waals surface area contributed by atoms with E-state index < -0.39 is 0 Å². The molecule has 0 saturated carbocycles. The number of rotatable bonds is 0. The zero-order valence-electron chi connectivity index (χ0n) is 4.03. The Kier molecular flexibility index (Phi) is 1.91. The van der Waals surface area contributed by atoms with Gasteiger partial charge in [-0.3, -0.25) is 0 Å². The van der Waals surface area contributed by atoms with Crippen LogP contribution in [0.25, 0.3) is 0 Å². The van der Waals surface area contributed by atoms with Gasteiger partial charge in [0.05, 0.1) is 6.26 Å². The zero-order valence-corrected chi connectivity index (χ0v) is 5.82. The van der Waals surface area contributed by atoms with Crippen molar-refractivity contribution in [2.75, 3.05) is 0 Å². The highest BCUT2D eigenvalue weighted by molar-refractivity contribution is 7.88. The lowest BCUT2D eigenvalue weighted by Gasteiger charge is -2.05. The van der Waals surface area contributed by atoms with Gasteiger partial charge in [-0.05, 0) is 6.08 Å². The van der Waals surface area contributed by atoms with Crippen LogP contribution in [-0.4, -0.2) is 0 Å². The molecule has 43 valence electrons. The molecule has 3 heteroatoms. The van der Waals surface area contributed by atoms with Gasteiger partial charge in [-0.15, -0.1) is 25.3 Å². The quantitative estimate of drug-likeness (QED) is 0.494. The van der Waals surface area contributed by atoms with Crippen LogP contribution in [0.2, 0.25) is 0 Å². The summed E-state index contributed by atoms with van der Waals surface area (Å²) in [6, 6.07) is 0. The molecule has 0 aromatic heterocycles. The second kappa shape index (κ2) is 2.51. The van der Waals surface area contributed by atoms with Crippen LogP contribution < -0.4 is 0 Å². The first-order valence-corrected chi connectivity index (χ1v) is 2.97. The molecule has 1 radical (unpaired) electrons. The fourth-order valence-corrected chi connectivity index (χ4v) is 0.602. The molecular weight excluding hydrogens is 140 g/mol. The van der Waals surface area contributed by atoms with Crippen LogP contribution in [0, 0.1) is 6.61 Å². The minimum absolute atomic E-state index is 0.760. The van der Waals surface area contributed by atoms with E-state index in [1.54, 1.807) is 12.3 Å². The number of ether oxygens (including phenoxy) is 1. The van der Waals surface area contributed by atoms with E-state index in [1.807, 2.05) is 0 Å². The third-order valence-electron chi connectivity index (χ3n) is 0.747. The van der Waals surface area contributed by atoms with E-state index in [0.717, 1.165) is 9.81 Å². The first kappa shape index (κ1) is 6.11. The highest BCUT2D eigenvalue weighted by atomic mass is 32.1. The molecule has 1 aliphatic rings. The molecule has 0 spiro atoms. The normalized spacial score (nSPS) is 18.8. The van der Waals surface area contributed by atoms with Gasteiger partial charge < -0.3 is 4.74 Å². The van der Waals surface area contributed by atoms with Crippen LogP contribution >= 0.6 is 25.3 Å². The summed E-state index contributed by atoms with van der Waals surface area (Å²) in [5.41, 5.74) is 0. The van der Waals surface area contributed by atoms with Crippen molar-refractivity contribution in [3.05, 3.63) is 28.8 Å². The second-order valence-corrected chi connectivity index (χ2v) is 2.29. The number of hydrogen-bond acceptors (Lipinski definition) is 3. The minimum atomic E-state index is 0.760. The molecule has 0 aromatic rings. The summed E-state index contributed by atoms with van der Waals surface area (Å²) < 4.78 is 4.76. The molecule has 1 nitrogen and oxygen atoms in total. The monoisotopic (exact) mass is 145 g/mol. The number of allylic oxidation sites excluding steroid dienone is 1. The maximum absolute atomic E-state index is 4.76. The van der Waals surface area contributed by atoms with E-state index >= 15 is 0 Å². The van der Waals surface area contributed by atoms with Crippen LogP contribution in [0.3, 0.4) is 0 Å². The number of thiol groups is 2. The largest absolute Gasteiger partial charge is 0.488 e. The summed E-state index contributed by atoms with van der Waals surface area (Å²) in [4.78, 5) is 1.59. The Hall–Kier alpha value is -0.0200. The Morgan fingerprint density at radius 3 is 2.38 bits per heavy atom. The van der Waals surface area contributed by atoms with Gasteiger partial charge in [-0.1, -0.05) is 0 Å². The molecule has 1 heterocycles. The average Bonchev–Trinajstić information content (AvgIpc) is 1.77. The molecule has 0 N–H and O–H groups in total. The third-order valence-corrected chi connectivity index (χ3v) is 1.66. The second-order valence-electron chi connectivity index (χ2n) is 1.33. The molecule has 0 fully saturated rings. The van der Waals surface area contributed by atoms with E-state index in [-0.39, 0.29) is 0 Å². The van der Waals surface area contributed by atoms with Crippen LogP contribution in [0.1, 0.15) is 0 Å². The highest BCUT2D eigenvalue weighted by Gasteiger charge is 2.00. The first-order valence-electron chi connectivity index (χ1n) is 2.08. The fourth-order valence-electron chi connectivity index (χ4n) is 0.353. The van der Waals surface area contributed by atoms with E-state index in [1.165, 1.54) is 6.61 Å². The Morgan fingerprint density at radius 1 is 1.25 bits per heavy atom. The van der Waals surface area contributed by atoms with Crippen LogP contribution in [-0.2, 0) is 4.74 Å². The van der Waals surface area contributed by atoms with Crippen molar-refractivity contribution in [3.8, 4) is 0 Å². The molecule has 1 rings (SSSR count). The molecule has 0 aliphatic carbocycles. The Labute approximate surface area is 59.2 Å². The average molecular weight is 145 g/mol. The van der Waals surface area contributed by atoms with Gasteiger partial charge in [-0.2, -0.15) is 0 Å². The van der Waals surface area contributed by atoms with E-state index in [2.05, 4.69) is 25.3 Å². The summed E-state index contributed by atoms with van der Waals surface area (Å²) in [7, 11) is 0. The van der Waals surface area contributed by atoms with Crippen molar-refractivity contribution in [2.24, 2.45) is 0 Å². The predicted octanol–water partition coefficient (Wildman–Crippen LogP) is 1.76. The van der Waals surface area contributed by atoms with Gasteiger partial charge in [0.25, 0.3) is 0 Å². The Bertz CT molecular complexity index is 149. The van der Waals surface area contributed by atoms with Crippen molar-refractivity contribution < 1.29 is 4.74 Å². The zero-order chi connectivity index (χ0) is 5.98. The minimum Gasteiger partial charge on any atom is -0.488 e. The van der Waals surface area contributed by atoms with Crippen molar-refractivity contribution in [1.29, 1.82) is 0 Å².